The monoisotopic (exact) mass is 307 g/mol. The van der Waals surface area contributed by atoms with E-state index in [2.05, 4.69) is 5.32 Å². The summed E-state index contributed by atoms with van der Waals surface area (Å²) < 4.78 is 18.6. The Bertz CT molecular complexity index is 646. The van der Waals surface area contributed by atoms with Crippen molar-refractivity contribution in [3.05, 3.63) is 64.4 Å². The van der Waals surface area contributed by atoms with E-state index < -0.39 is 11.7 Å². The van der Waals surface area contributed by atoms with Crippen molar-refractivity contribution in [1.82, 2.24) is 5.32 Å². The quantitative estimate of drug-likeness (QED) is 0.918. The minimum absolute atomic E-state index is 0.00175. The molecule has 0 aliphatic heterocycles. The third-order valence-electron chi connectivity index (χ3n) is 3.01. The van der Waals surface area contributed by atoms with Gasteiger partial charge in [0.05, 0.1) is 12.7 Å². The summed E-state index contributed by atoms with van der Waals surface area (Å²) >= 11 is 5.88. The van der Waals surface area contributed by atoms with E-state index in [0.717, 1.165) is 5.56 Å². The number of carbonyl (C=O) groups is 1. The summed E-state index contributed by atoms with van der Waals surface area (Å²) in [5, 5.41) is 3.34. The lowest BCUT2D eigenvalue weighted by Crippen LogP contribution is -2.26. The van der Waals surface area contributed by atoms with Crippen LogP contribution in [0.15, 0.2) is 42.5 Å². The molecule has 5 heteroatoms. The van der Waals surface area contributed by atoms with Crippen LogP contribution in [0.25, 0.3) is 0 Å². The smallest absolute Gasteiger partial charge is 0.254 e. The van der Waals surface area contributed by atoms with E-state index in [-0.39, 0.29) is 5.56 Å². The molecular weight excluding hydrogens is 293 g/mol. The topological polar surface area (TPSA) is 38.3 Å². The molecule has 110 valence electrons. The number of methoxy groups -OCH3 is 1. The molecule has 0 spiro atoms. The highest BCUT2D eigenvalue weighted by Gasteiger charge is 2.11. The molecule has 0 radical (unpaired) electrons. The van der Waals surface area contributed by atoms with Crippen LogP contribution in [-0.2, 0) is 6.42 Å². The number of hydrogen-bond acceptors (Lipinski definition) is 2. The van der Waals surface area contributed by atoms with Gasteiger partial charge in [0.2, 0.25) is 0 Å². The molecule has 0 saturated heterocycles. The lowest BCUT2D eigenvalue weighted by molar-refractivity contribution is 0.0950. The van der Waals surface area contributed by atoms with Crippen molar-refractivity contribution < 1.29 is 13.9 Å². The van der Waals surface area contributed by atoms with Crippen molar-refractivity contribution in [3.63, 3.8) is 0 Å². The fourth-order valence-corrected chi connectivity index (χ4v) is 2.13. The molecule has 0 unspecified atom stereocenters. The molecule has 0 atom stereocenters. The molecule has 1 N–H and O–H groups in total. The molecule has 2 rings (SSSR count). The number of rotatable bonds is 5. The van der Waals surface area contributed by atoms with Gasteiger partial charge >= 0.3 is 0 Å². The van der Waals surface area contributed by atoms with Crippen LogP contribution >= 0.6 is 11.6 Å². The number of ether oxygens (including phenoxy) is 1. The second-order valence-electron chi connectivity index (χ2n) is 4.48. The first-order valence-electron chi connectivity index (χ1n) is 6.46. The second kappa shape index (κ2) is 7.09. The van der Waals surface area contributed by atoms with Crippen molar-refractivity contribution in [2.24, 2.45) is 0 Å². The summed E-state index contributed by atoms with van der Waals surface area (Å²) in [7, 11) is 1.44. The Balaban J connectivity index is 1.93. The first kappa shape index (κ1) is 15.3. The molecule has 3 nitrogen and oxygen atoms in total. The van der Waals surface area contributed by atoms with Gasteiger partial charge in [0.1, 0.15) is 11.6 Å². The van der Waals surface area contributed by atoms with E-state index in [1.807, 2.05) is 18.2 Å². The van der Waals surface area contributed by atoms with E-state index in [1.165, 1.54) is 19.2 Å². The van der Waals surface area contributed by atoms with Crippen LogP contribution in [0.5, 0.6) is 5.75 Å². The van der Waals surface area contributed by atoms with E-state index in [0.29, 0.717) is 23.7 Å². The van der Waals surface area contributed by atoms with Crippen LogP contribution in [0, 0.1) is 5.82 Å². The number of carbonyl (C=O) groups excluding carboxylic acids is 1. The van der Waals surface area contributed by atoms with Crippen LogP contribution in [0.3, 0.4) is 0 Å². The SMILES string of the molecule is COc1ccc(C(=O)NCCc2cccc(Cl)c2)c(F)c1. The van der Waals surface area contributed by atoms with Crippen LogP contribution in [0.2, 0.25) is 5.02 Å². The Morgan fingerprint density at radius 1 is 1.29 bits per heavy atom. The number of amides is 1. The van der Waals surface area contributed by atoms with Gasteiger partial charge in [-0.3, -0.25) is 4.79 Å². The predicted molar refractivity (Wildman–Crippen MR) is 80.4 cm³/mol. The molecule has 2 aromatic rings. The van der Waals surface area contributed by atoms with Crippen molar-refractivity contribution >= 4 is 17.5 Å². The molecule has 0 heterocycles. The maximum atomic E-state index is 13.7. The minimum Gasteiger partial charge on any atom is -0.497 e. The standard InChI is InChI=1S/C16H15ClFNO2/c1-21-13-5-6-14(15(18)10-13)16(20)19-8-7-11-3-2-4-12(17)9-11/h2-6,9-10H,7-8H2,1H3,(H,19,20). The zero-order valence-electron chi connectivity index (χ0n) is 11.5. The van der Waals surface area contributed by atoms with Crippen LogP contribution in [0.4, 0.5) is 4.39 Å². The van der Waals surface area contributed by atoms with Gasteiger partial charge in [0.15, 0.2) is 0 Å². The third kappa shape index (κ3) is 4.20. The molecular formula is C16H15ClFNO2. The predicted octanol–water partition coefficient (Wildman–Crippen LogP) is 3.46. The molecule has 0 saturated carbocycles. The molecule has 0 aliphatic carbocycles. The summed E-state index contributed by atoms with van der Waals surface area (Å²) in [5.74, 6) is -0.672. The van der Waals surface area contributed by atoms with Gasteiger partial charge in [0.25, 0.3) is 5.91 Å². The highest BCUT2D eigenvalue weighted by atomic mass is 35.5. The summed E-state index contributed by atoms with van der Waals surface area (Å²) in [4.78, 5) is 11.9. The average Bonchev–Trinajstić information content (AvgIpc) is 2.47. The number of nitrogens with one attached hydrogen (secondary N) is 1. The molecule has 1 amide bonds. The summed E-state index contributed by atoms with van der Waals surface area (Å²) in [6, 6.07) is 11.5. The van der Waals surface area contributed by atoms with E-state index in [9.17, 15) is 9.18 Å². The summed E-state index contributed by atoms with van der Waals surface area (Å²) in [6.07, 6.45) is 0.629. The van der Waals surface area contributed by atoms with Gasteiger partial charge in [-0.1, -0.05) is 23.7 Å². The number of halogens is 2. The van der Waals surface area contributed by atoms with Gasteiger partial charge in [0, 0.05) is 17.6 Å². The Morgan fingerprint density at radius 2 is 2.10 bits per heavy atom. The second-order valence-corrected chi connectivity index (χ2v) is 4.92. The zero-order valence-corrected chi connectivity index (χ0v) is 12.3. The van der Waals surface area contributed by atoms with Crippen LogP contribution < -0.4 is 10.1 Å². The highest BCUT2D eigenvalue weighted by Crippen LogP contribution is 2.16. The van der Waals surface area contributed by atoms with Crippen LogP contribution in [0.1, 0.15) is 15.9 Å². The van der Waals surface area contributed by atoms with Crippen LogP contribution in [-0.4, -0.2) is 19.6 Å². The first-order chi connectivity index (χ1) is 10.1. The molecule has 0 aliphatic rings. The fourth-order valence-electron chi connectivity index (χ4n) is 1.92. The maximum Gasteiger partial charge on any atom is 0.254 e. The highest BCUT2D eigenvalue weighted by molar-refractivity contribution is 6.30. The number of benzene rings is 2. The summed E-state index contributed by atoms with van der Waals surface area (Å²) in [6.45, 7) is 0.407. The van der Waals surface area contributed by atoms with Crippen molar-refractivity contribution in [3.8, 4) is 5.75 Å². The van der Waals surface area contributed by atoms with Gasteiger partial charge in [-0.2, -0.15) is 0 Å². The Labute approximate surface area is 127 Å². The third-order valence-corrected chi connectivity index (χ3v) is 3.24. The Kier molecular flexibility index (Phi) is 5.17. The first-order valence-corrected chi connectivity index (χ1v) is 6.84. The van der Waals surface area contributed by atoms with E-state index in [1.54, 1.807) is 12.1 Å². The van der Waals surface area contributed by atoms with E-state index in [4.69, 9.17) is 16.3 Å². The number of hydrogen-bond donors (Lipinski definition) is 1. The molecule has 21 heavy (non-hydrogen) atoms. The average molecular weight is 308 g/mol. The largest absolute Gasteiger partial charge is 0.497 e. The van der Waals surface area contributed by atoms with Gasteiger partial charge < -0.3 is 10.1 Å². The molecule has 2 aromatic carbocycles. The zero-order chi connectivity index (χ0) is 15.2. The fraction of sp³-hybridized carbons (Fsp3) is 0.188. The summed E-state index contributed by atoms with van der Waals surface area (Å²) in [5.41, 5.74) is 1.01. The van der Waals surface area contributed by atoms with Gasteiger partial charge in [-0.25, -0.2) is 4.39 Å². The Morgan fingerprint density at radius 3 is 2.76 bits per heavy atom. The molecule has 0 aromatic heterocycles. The van der Waals surface area contributed by atoms with Crippen molar-refractivity contribution in [1.29, 1.82) is 0 Å². The minimum atomic E-state index is -0.602. The van der Waals surface area contributed by atoms with Crippen molar-refractivity contribution in [2.45, 2.75) is 6.42 Å². The maximum absolute atomic E-state index is 13.7. The van der Waals surface area contributed by atoms with Gasteiger partial charge in [-0.15, -0.1) is 0 Å². The molecule has 0 bridgehead atoms. The van der Waals surface area contributed by atoms with E-state index >= 15 is 0 Å². The Hall–Kier alpha value is -2.07. The normalized spacial score (nSPS) is 10.2. The lowest BCUT2D eigenvalue weighted by Gasteiger charge is -2.07. The lowest BCUT2D eigenvalue weighted by atomic mass is 10.1. The molecule has 0 fully saturated rings. The van der Waals surface area contributed by atoms with Gasteiger partial charge in [-0.05, 0) is 36.2 Å². The van der Waals surface area contributed by atoms with Crippen molar-refractivity contribution in [2.75, 3.05) is 13.7 Å².